The lowest BCUT2D eigenvalue weighted by molar-refractivity contribution is 0.581. The zero-order valence-electron chi connectivity index (χ0n) is 9.71. The second-order valence-electron chi connectivity index (χ2n) is 4.85. The van der Waals surface area contributed by atoms with Crippen molar-refractivity contribution in [3.63, 3.8) is 0 Å². The van der Waals surface area contributed by atoms with Crippen LogP contribution >= 0.6 is 15.9 Å². The second kappa shape index (κ2) is 4.09. The van der Waals surface area contributed by atoms with E-state index in [1.165, 1.54) is 12.0 Å². The molecule has 2 atom stereocenters. The standard InChI is InChI=1S/C15H14BrF/c1-9-6-7-13(16)12-8-14(17)10-4-2-3-5-11(10)15(9)12/h2-5,8-9,13H,6-7H2,1H3. The Balaban J connectivity index is 2.41. The van der Waals surface area contributed by atoms with E-state index in [1.54, 1.807) is 6.07 Å². The molecule has 2 aromatic carbocycles. The van der Waals surface area contributed by atoms with Crippen molar-refractivity contribution in [2.75, 3.05) is 0 Å². The minimum atomic E-state index is -0.0992. The van der Waals surface area contributed by atoms with E-state index < -0.39 is 0 Å². The summed E-state index contributed by atoms with van der Waals surface area (Å²) in [7, 11) is 0. The van der Waals surface area contributed by atoms with Gasteiger partial charge in [0.1, 0.15) is 5.82 Å². The van der Waals surface area contributed by atoms with Gasteiger partial charge in [0.15, 0.2) is 0 Å². The number of rotatable bonds is 0. The van der Waals surface area contributed by atoms with Crippen molar-refractivity contribution in [2.45, 2.75) is 30.5 Å². The average Bonchev–Trinajstić information content (AvgIpc) is 2.34. The van der Waals surface area contributed by atoms with Gasteiger partial charge in [-0.1, -0.05) is 47.1 Å². The van der Waals surface area contributed by atoms with Crippen LogP contribution in [0.15, 0.2) is 30.3 Å². The van der Waals surface area contributed by atoms with Crippen LogP contribution in [0, 0.1) is 5.82 Å². The normalized spacial score (nSPS) is 23.7. The summed E-state index contributed by atoms with van der Waals surface area (Å²) in [5.74, 6) is 0.419. The molecule has 0 aliphatic heterocycles. The molecule has 0 saturated carbocycles. The SMILES string of the molecule is CC1CCC(Br)c2cc(F)c3ccccc3c21. The van der Waals surface area contributed by atoms with Gasteiger partial charge < -0.3 is 0 Å². The van der Waals surface area contributed by atoms with Crippen LogP contribution < -0.4 is 0 Å². The van der Waals surface area contributed by atoms with E-state index in [4.69, 9.17) is 0 Å². The number of hydrogen-bond acceptors (Lipinski definition) is 0. The monoisotopic (exact) mass is 292 g/mol. The van der Waals surface area contributed by atoms with Crippen molar-refractivity contribution in [3.8, 4) is 0 Å². The first-order valence-electron chi connectivity index (χ1n) is 6.03. The molecular formula is C15H14BrF. The van der Waals surface area contributed by atoms with Crippen LogP contribution in [-0.2, 0) is 0 Å². The number of hydrogen-bond donors (Lipinski definition) is 0. The van der Waals surface area contributed by atoms with Crippen molar-refractivity contribution in [1.82, 2.24) is 0 Å². The van der Waals surface area contributed by atoms with Crippen LogP contribution in [0.4, 0.5) is 4.39 Å². The van der Waals surface area contributed by atoms with Crippen LogP contribution in [0.3, 0.4) is 0 Å². The van der Waals surface area contributed by atoms with Gasteiger partial charge in [0.05, 0.1) is 0 Å². The highest BCUT2D eigenvalue weighted by atomic mass is 79.9. The third-order valence-electron chi connectivity index (χ3n) is 3.75. The molecule has 2 unspecified atom stereocenters. The molecule has 0 saturated heterocycles. The Bertz CT molecular complexity index is 576. The smallest absolute Gasteiger partial charge is 0.131 e. The minimum absolute atomic E-state index is 0.0992. The number of benzene rings is 2. The van der Waals surface area contributed by atoms with E-state index >= 15 is 0 Å². The Morgan fingerprint density at radius 2 is 1.88 bits per heavy atom. The summed E-state index contributed by atoms with van der Waals surface area (Å²) in [5, 5.41) is 1.83. The molecule has 0 bridgehead atoms. The Hall–Kier alpha value is -0.890. The summed E-state index contributed by atoms with van der Waals surface area (Å²) in [5.41, 5.74) is 2.47. The highest BCUT2D eigenvalue weighted by molar-refractivity contribution is 9.09. The Morgan fingerprint density at radius 3 is 2.65 bits per heavy atom. The van der Waals surface area contributed by atoms with E-state index in [-0.39, 0.29) is 5.82 Å². The molecule has 0 amide bonds. The largest absolute Gasteiger partial charge is 0.206 e. The Morgan fingerprint density at radius 1 is 1.18 bits per heavy atom. The van der Waals surface area contributed by atoms with Gasteiger partial charge in [-0.2, -0.15) is 0 Å². The fourth-order valence-corrected chi connectivity index (χ4v) is 3.52. The molecule has 1 aliphatic carbocycles. The van der Waals surface area contributed by atoms with Gasteiger partial charge in [-0.3, -0.25) is 0 Å². The summed E-state index contributed by atoms with van der Waals surface area (Å²) in [6, 6.07) is 9.52. The van der Waals surface area contributed by atoms with Crippen molar-refractivity contribution < 1.29 is 4.39 Å². The van der Waals surface area contributed by atoms with E-state index in [9.17, 15) is 4.39 Å². The van der Waals surface area contributed by atoms with Gasteiger partial charge in [-0.25, -0.2) is 4.39 Å². The average molecular weight is 293 g/mol. The van der Waals surface area contributed by atoms with E-state index in [0.29, 0.717) is 10.7 Å². The lowest BCUT2D eigenvalue weighted by Gasteiger charge is -2.28. The maximum atomic E-state index is 14.1. The maximum absolute atomic E-state index is 14.1. The number of fused-ring (bicyclic) bond motifs is 3. The van der Waals surface area contributed by atoms with Crippen LogP contribution in [0.1, 0.15) is 41.6 Å². The van der Waals surface area contributed by atoms with Gasteiger partial charge in [0.25, 0.3) is 0 Å². The van der Waals surface area contributed by atoms with E-state index in [0.717, 1.165) is 22.8 Å². The van der Waals surface area contributed by atoms with Crippen LogP contribution in [-0.4, -0.2) is 0 Å². The molecule has 1 aliphatic rings. The third-order valence-corrected chi connectivity index (χ3v) is 4.70. The summed E-state index contributed by atoms with van der Waals surface area (Å²) in [6.45, 7) is 2.24. The summed E-state index contributed by atoms with van der Waals surface area (Å²) < 4.78 is 14.1. The fraction of sp³-hybridized carbons (Fsp3) is 0.333. The topological polar surface area (TPSA) is 0 Å². The molecule has 3 rings (SSSR count). The molecular weight excluding hydrogens is 279 g/mol. The highest BCUT2D eigenvalue weighted by Gasteiger charge is 2.26. The molecule has 0 heterocycles. The Labute approximate surface area is 109 Å². The molecule has 88 valence electrons. The lowest BCUT2D eigenvalue weighted by Crippen LogP contribution is -2.10. The van der Waals surface area contributed by atoms with Crippen molar-refractivity contribution in [2.24, 2.45) is 0 Å². The molecule has 2 aromatic rings. The molecule has 0 N–H and O–H groups in total. The van der Waals surface area contributed by atoms with Crippen molar-refractivity contribution >= 4 is 26.7 Å². The molecule has 0 aromatic heterocycles. The maximum Gasteiger partial charge on any atom is 0.131 e. The highest BCUT2D eigenvalue weighted by Crippen LogP contribution is 2.45. The van der Waals surface area contributed by atoms with Gasteiger partial charge in [-0.15, -0.1) is 0 Å². The van der Waals surface area contributed by atoms with E-state index in [2.05, 4.69) is 22.9 Å². The molecule has 0 fully saturated rings. The van der Waals surface area contributed by atoms with Gasteiger partial charge in [0.2, 0.25) is 0 Å². The molecule has 0 radical (unpaired) electrons. The quantitative estimate of drug-likeness (QED) is 0.577. The first kappa shape index (κ1) is 11.2. The first-order valence-corrected chi connectivity index (χ1v) is 6.95. The first-order chi connectivity index (χ1) is 8.18. The van der Waals surface area contributed by atoms with Gasteiger partial charge >= 0.3 is 0 Å². The third kappa shape index (κ3) is 1.70. The predicted molar refractivity (Wildman–Crippen MR) is 73.2 cm³/mol. The van der Waals surface area contributed by atoms with E-state index in [1.807, 2.05) is 24.3 Å². The summed E-state index contributed by atoms with van der Waals surface area (Å²) >= 11 is 3.67. The van der Waals surface area contributed by atoms with Crippen LogP contribution in [0.2, 0.25) is 0 Å². The van der Waals surface area contributed by atoms with Gasteiger partial charge in [-0.05, 0) is 41.3 Å². The predicted octanol–water partition coefficient (Wildman–Crippen LogP) is 5.31. The molecule has 17 heavy (non-hydrogen) atoms. The fourth-order valence-electron chi connectivity index (χ4n) is 2.88. The summed E-state index contributed by atoms with van der Waals surface area (Å²) in [6.07, 6.45) is 2.25. The van der Waals surface area contributed by atoms with Crippen LogP contribution in [0.25, 0.3) is 10.8 Å². The van der Waals surface area contributed by atoms with Gasteiger partial charge in [0, 0.05) is 10.2 Å². The Kier molecular flexibility index (Phi) is 2.70. The molecule has 0 nitrogen and oxygen atoms in total. The van der Waals surface area contributed by atoms with Crippen molar-refractivity contribution in [3.05, 3.63) is 47.3 Å². The molecule has 2 heteroatoms. The number of halogens is 2. The zero-order chi connectivity index (χ0) is 12.0. The minimum Gasteiger partial charge on any atom is -0.206 e. The zero-order valence-corrected chi connectivity index (χ0v) is 11.3. The molecule has 0 spiro atoms. The number of alkyl halides is 1. The van der Waals surface area contributed by atoms with Crippen molar-refractivity contribution in [1.29, 1.82) is 0 Å². The second-order valence-corrected chi connectivity index (χ2v) is 5.96. The lowest BCUT2D eigenvalue weighted by atomic mass is 9.81. The summed E-state index contributed by atoms with van der Waals surface area (Å²) in [4.78, 5) is 0.299. The van der Waals surface area contributed by atoms with Crippen LogP contribution in [0.5, 0.6) is 0 Å².